The van der Waals surface area contributed by atoms with Gasteiger partial charge in [-0.15, -0.1) is 0 Å². The van der Waals surface area contributed by atoms with E-state index in [4.69, 9.17) is 19.6 Å². The van der Waals surface area contributed by atoms with Crippen molar-refractivity contribution in [3.63, 3.8) is 0 Å². The Morgan fingerprint density at radius 3 is 2.62 bits per heavy atom. The summed E-state index contributed by atoms with van der Waals surface area (Å²) in [7, 11) is 2.02. The Hall–Kier alpha value is -3.87. The zero-order valence-corrected chi connectivity index (χ0v) is 19.4. The van der Waals surface area contributed by atoms with Gasteiger partial charge in [-0.05, 0) is 55.5 Å². The van der Waals surface area contributed by atoms with Gasteiger partial charge in [0.25, 0.3) is 0 Å². The molecule has 0 aromatic heterocycles. The number of rotatable bonds is 5. The highest BCUT2D eigenvalue weighted by Crippen LogP contribution is 2.54. The number of likely N-dealkylation sites (N-methyl/N-ethyl adjacent to an activating group) is 1. The standard InChI is InChI=1S/C27H26N2O5/c1-26(2)20-7-4-5-8-21(20)29(3)27(26)16-28-25-19-15-18(33-24(32)10-6-9-23(30)31)13-11-17(19)12-14-22(25)34-27/h4-5,7-8,11-16H,6,9-10H2,1-3H3,(H,30,31). The van der Waals surface area contributed by atoms with E-state index in [1.807, 2.05) is 43.6 Å². The van der Waals surface area contributed by atoms with Crippen LogP contribution in [-0.2, 0) is 15.0 Å². The van der Waals surface area contributed by atoms with Gasteiger partial charge in [0.1, 0.15) is 17.2 Å². The van der Waals surface area contributed by atoms with Gasteiger partial charge in [-0.25, -0.2) is 0 Å². The van der Waals surface area contributed by atoms with E-state index in [1.165, 1.54) is 5.56 Å². The Labute approximate surface area is 197 Å². The third kappa shape index (κ3) is 3.31. The van der Waals surface area contributed by atoms with Crippen LogP contribution in [0.5, 0.6) is 11.5 Å². The first-order valence-electron chi connectivity index (χ1n) is 11.3. The molecule has 5 rings (SSSR count). The van der Waals surface area contributed by atoms with Gasteiger partial charge in [0.05, 0.1) is 11.6 Å². The fourth-order valence-corrected chi connectivity index (χ4v) is 4.98. The number of benzene rings is 3. The van der Waals surface area contributed by atoms with Crippen LogP contribution in [-0.4, -0.2) is 36.0 Å². The highest BCUT2D eigenvalue weighted by Gasteiger charge is 2.58. The SMILES string of the molecule is CN1c2ccccc2C(C)(C)C12C=Nc1c(ccc3ccc(OC(=O)CCCC(=O)O)cc13)O2. The predicted octanol–water partition coefficient (Wildman–Crippen LogP) is 5.22. The number of carboxylic acid groups (broad SMARTS) is 1. The maximum Gasteiger partial charge on any atom is 0.311 e. The number of carbonyl (C=O) groups is 2. The number of ether oxygens (including phenoxy) is 2. The zero-order valence-electron chi connectivity index (χ0n) is 19.4. The monoisotopic (exact) mass is 458 g/mol. The van der Waals surface area contributed by atoms with Crippen molar-refractivity contribution in [2.24, 2.45) is 4.99 Å². The maximum absolute atomic E-state index is 12.1. The van der Waals surface area contributed by atoms with E-state index >= 15 is 0 Å². The first-order valence-corrected chi connectivity index (χ1v) is 11.3. The Kier molecular flexibility index (Phi) is 5.08. The molecule has 7 nitrogen and oxygen atoms in total. The molecule has 0 fully saturated rings. The van der Waals surface area contributed by atoms with Gasteiger partial charge in [0.2, 0.25) is 5.72 Å². The minimum atomic E-state index is -0.931. The molecule has 34 heavy (non-hydrogen) atoms. The summed E-state index contributed by atoms with van der Waals surface area (Å²) in [6.07, 6.45) is 2.09. The molecule has 2 heterocycles. The van der Waals surface area contributed by atoms with Crippen molar-refractivity contribution in [2.45, 2.75) is 44.2 Å². The van der Waals surface area contributed by atoms with Crippen molar-refractivity contribution in [1.82, 2.24) is 0 Å². The summed E-state index contributed by atoms with van der Waals surface area (Å²) in [5, 5.41) is 10.5. The third-order valence-electron chi connectivity index (χ3n) is 6.90. The summed E-state index contributed by atoms with van der Waals surface area (Å²) in [6.45, 7) is 4.32. The van der Waals surface area contributed by atoms with Gasteiger partial charge < -0.3 is 19.5 Å². The van der Waals surface area contributed by atoms with Gasteiger partial charge in [-0.1, -0.05) is 30.3 Å². The van der Waals surface area contributed by atoms with Crippen molar-refractivity contribution in [3.8, 4) is 11.5 Å². The molecule has 3 aromatic carbocycles. The second-order valence-corrected chi connectivity index (χ2v) is 9.27. The van der Waals surface area contributed by atoms with Crippen LogP contribution in [0.15, 0.2) is 59.6 Å². The number of anilines is 1. The molecule has 0 radical (unpaired) electrons. The number of esters is 1. The van der Waals surface area contributed by atoms with Crippen LogP contribution >= 0.6 is 0 Å². The molecule has 0 bridgehead atoms. The lowest BCUT2D eigenvalue weighted by atomic mass is 9.77. The molecule has 2 aliphatic heterocycles. The van der Waals surface area contributed by atoms with Crippen LogP contribution in [0, 0.1) is 0 Å². The molecule has 7 heteroatoms. The normalized spacial score (nSPS) is 19.6. The average molecular weight is 459 g/mol. The molecule has 1 atom stereocenters. The van der Waals surface area contributed by atoms with Crippen LogP contribution in [0.25, 0.3) is 10.8 Å². The lowest BCUT2D eigenvalue weighted by molar-refractivity contribution is -0.137. The topological polar surface area (TPSA) is 88.4 Å². The summed E-state index contributed by atoms with van der Waals surface area (Å²) in [5.74, 6) is -0.341. The molecule has 0 amide bonds. The second kappa shape index (κ2) is 7.87. The molecule has 0 aliphatic carbocycles. The molecule has 1 spiro atoms. The fraction of sp³-hybridized carbons (Fsp3) is 0.296. The number of aliphatic carboxylic acids is 1. The van der Waals surface area contributed by atoms with Crippen molar-refractivity contribution >= 4 is 40.3 Å². The molecule has 174 valence electrons. The number of carbonyl (C=O) groups excluding carboxylic acids is 1. The van der Waals surface area contributed by atoms with E-state index in [0.29, 0.717) is 17.2 Å². The molecule has 1 N–H and O–H groups in total. The molecule has 0 saturated heterocycles. The van der Waals surface area contributed by atoms with Gasteiger partial charge in [-0.2, -0.15) is 0 Å². The minimum Gasteiger partial charge on any atom is -0.481 e. The van der Waals surface area contributed by atoms with Crippen molar-refractivity contribution in [2.75, 3.05) is 11.9 Å². The van der Waals surface area contributed by atoms with Crippen LogP contribution in [0.2, 0.25) is 0 Å². The molecular weight excluding hydrogens is 432 g/mol. The van der Waals surface area contributed by atoms with Gasteiger partial charge in [0.15, 0.2) is 0 Å². The van der Waals surface area contributed by atoms with E-state index in [9.17, 15) is 9.59 Å². The summed E-state index contributed by atoms with van der Waals surface area (Å²) >= 11 is 0. The third-order valence-corrected chi connectivity index (χ3v) is 6.90. The van der Waals surface area contributed by atoms with Crippen LogP contribution in [0.3, 0.4) is 0 Å². The van der Waals surface area contributed by atoms with Gasteiger partial charge >= 0.3 is 11.9 Å². The highest BCUT2D eigenvalue weighted by molar-refractivity contribution is 6.00. The van der Waals surface area contributed by atoms with Crippen molar-refractivity contribution < 1.29 is 24.2 Å². The Bertz CT molecular complexity index is 1350. The minimum absolute atomic E-state index is 0.0446. The van der Waals surface area contributed by atoms with Crippen LogP contribution in [0.4, 0.5) is 11.4 Å². The molecule has 3 aromatic rings. The van der Waals surface area contributed by atoms with E-state index in [2.05, 4.69) is 30.9 Å². The smallest absolute Gasteiger partial charge is 0.311 e. The summed E-state index contributed by atoms with van der Waals surface area (Å²) in [5.41, 5.74) is 1.88. The Morgan fingerprint density at radius 1 is 1.09 bits per heavy atom. The molecule has 1 unspecified atom stereocenters. The maximum atomic E-state index is 12.1. The lowest BCUT2D eigenvalue weighted by Crippen LogP contribution is -2.61. The molecular formula is C27H26N2O5. The van der Waals surface area contributed by atoms with E-state index < -0.39 is 17.7 Å². The Morgan fingerprint density at radius 2 is 1.85 bits per heavy atom. The van der Waals surface area contributed by atoms with Gasteiger partial charge in [0, 0.05) is 31.0 Å². The number of hydrogen-bond donors (Lipinski definition) is 1. The van der Waals surface area contributed by atoms with Gasteiger partial charge in [-0.3, -0.25) is 14.6 Å². The van der Waals surface area contributed by atoms with E-state index in [-0.39, 0.29) is 24.7 Å². The molecule has 2 aliphatic rings. The van der Waals surface area contributed by atoms with E-state index in [1.54, 1.807) is 12.1 Å². The number of hydrogen-bond acceptors (Lipinski definition) is 6. The zero-order chi connectivity index (χ0) is 24.1. The van der Waals surface area contributed by atoms with Crippen molar-refractivity contribution in [3.05, 3.63) is 60.2 Å². The van der Waals surface area contributed by atoms with E-state index in [0.717, 1.165) is 16.5 Å². The van der Waals surface area contributed by atoms with Crippen LogP contribution in [0.1, 0.15) is 38.7 Å². The molecule has 0 saturated carbocycles. The number of aliphatic imine (C=N–C) groups is 1. The average Bonchev–Trinajstić information content (AvgIpc) is 2.97. The number of nitrogens with zero attached hydrogens (tertiary/aromatic N) is 2. The largest absolute Gasteiger partial charge is 0.481 e. The predicted molar refractivity (Wildman–Crippen MR) is 130 cm³/mol. The quantitative estimate of drug-likeness (QED) is 0.417. The number of carboxylic acids is 1. The fourth-order valence-electron chi connectivity index (χ4n) is 4.98. The number of para-hydroxylation sites is 1. The van der Waals surface area contributed by atoms with Crippen molar-refractivity contribution in [1.29, 1.82) is 0 Å². The highest BCUT2D eigenvalue weighted by atomic mass is 16.5. The Balaban J connectivity index is 1.47. The second-order valence-electron chi connectivity index (χ2n) is 9.27. The first kappa shape index (κ1) is 21.9. The first-order chi connectivity index (χ1) is 16.2. The number of fused-ring (bicyclic) bond motifs is 4. The summed E-state index contributed by atoms with van der Waals surface area (Å²) < 4.78 is 12.2. The van der Waals surface area contributed by atoms with Crippen LogP contribution < -0.4 is 14.4 Å². The summed E-state index contributed by atoms with van der Waals surface area (Å²) in [4.78, 5) is 29.8. The lowest BCUT2D eigenvalue weighted by Gasteiger charge is -2.45. The summed E-state index contributed by atoms with van der Waals surface area (Å²) in [6, 6.07) is 17.6.